The van der Waals surface area contributed by atoms with E-state index in [2.05, 4.69) is 25.4 Å². The van der Waals surface area contributed by atoms with E-state index in [1.807, 2.05) is 0 Å². The molecule has 0 atom stereocenters. The highest BCUT2D eigenvalue weighted by Gasteiger charge is 2.07. The zero-order chi connectivity index (χ0) is 12.3. The third-order valence-corrected chi connectivity index (χ3v) is 2.25. The van der Waals surface area contributed by atoms with Crippen molar-refractivity contribution in [1.82, 2.24) is 24.7 Å². The van der Waals surface area contributed by atoms with Gasteiger partial charge in [0.2, 0.25) is 0 Å². The van der Waals surface area contributed by atoms with Crippen molar-refractivity contribution in [2.45, 2.75) is 13.3 Å². The second kappa shape index (κ2) is 4.86. The highest BCUT2D eigenvalue weighted by Crippen LogP contribution is 2.11. The van der Waals surface area contributed by atoms with Crippen molar-refractivity contribution in [3.63, 3.8) is 0 Å². The fourth-order valence-electron chi connectivity index (χ4n) is 1.37. The molecule has 0 saturated heterocycles. The second-order valence-corrected chi connectivity index (χ2v) is 3.63. The number of halogens is 1. The van der Waals surface area contributed by atoms with Crippen molar-refractivity contribution in [3.8, 4) is 0 Å². The number of rotatable bonds is 4. The Hall–Kier alpha value is -2.05. The molecule has 17 heavy (non-hydrogen) atoms. The van der Waals surface area contributed by atoms with Gasteiger partial charge in [0.1, 0.15) is 12.7 Å². The molecule has 90 valence electrons. The van der Waals surface area contributed by atoms with Crippen molar-refractivity contribution in [2.24, 2.45) is 7.05 Å². The van der Waals surface area contributed by atoms with Gasteiger partial charge in [-0.1, -0.05) is 0 Å². The lowest BCUT2D eigenvalue weighted by Crippen LogP contribution is -2.10. The first-order valence-corrected chi connectivity index (χ1v) is 5.22. The lowest BCUT2D eigenvalue weighted by atomic mass is 10.3. The minimum Gasteiger partial charge on any atom is -0.367 e. The van der Waals surface area contributed by atoms with Crippen LogP contribution < -0.4 is 5.32 Å². The van der Waals surface area contributed by atoms with Crippen LogP contribution in [0.2, 0.25) is 0 Å². The predicted octanol–water partition coefficient (Wildman–Crippen LogP) is 0.707. The Morgan fingerprint density at radius 3 is 2.88 bits per heavy atom. The first kappa shape index (κ1) is 11.4. The zero-order valence-electron chi connectivity index (χ0n) is 9.68. The van der Waals surface area contributed by atoms with E-state index in [-0.39, 0.29) is 5.82 Å². The SMILES string of the molecule is Cc1ncnc(NCCc2ncn(C)n2)c1F. The van der Waals surface area contributed by atoms with Crippen LogP contribution in [0.15, 0.2) is 12.7 Å². The van der Waals surface area contributed by atoms with E-state index in [9.17, 15) is 4.39 Å². The van der Waals surface area contributed by atoms with Crippen molar-refractivity contribution < 1.29 is 4.39 Å². The van der Waals surface area contributed by atoms with Gasteiger partial charge in [0.05, 0.1) is 5.69 Å². The minimum absolute atomic E-state index is 0.216. The average Bonchev–Trinajstić information content (AvgIpc) is 2.70. The zero-order valence-corrected chi connectivity index (χ0v) is 9.68. The monoisotopic (exact) mass is 236 g/mol. The molecular formula is C10H13FN6. The lowest BCUT2D eigenvalue weighted by molar-refractivity contribution is 0.604. The van der Waals surface area contributed by atoms with Gasteiger partial charge >= 0.3 is 0 Å². The third kappa shape index (κ3) is 2.74. The van der Waals surface area contributed by atoms with Crippen LogP contribution in [-0.4, -0.2) is 31.3 Å². The largest absolute Gasteiger partial charge is 0.367 e. The molecule has 0 bridgehead atoms. The Kier molecular flexibility index (Phi) is 3.27. The third-order valence-electron chi connectivity index (χ3n) is 2.25. The maximum atomic E-state index is 13.5. The van der Waals surface area contributed by atoms with Crippen LogP contribution in [0.3, 0.4) is 0 Å². The number of aryl methyl sites for hydroxylation is 2. The molecule has 0 spiro atoms. The van der Waals surface area contributed by atoms with Gasteiger partial charge in [-0.2, -0.15) is 5.10 Å². The van der Waals surface area contributed by atoms with Gasteiger partial charge in [0.15, 0.2) is 17.5 Å². The van der Waals surface area contributed by atoms with E-state index in [1.54, 1.807) is 25.0 Å². The summed E-state index contributed by atoms with van der Waals surface area (Å²) in [6, 6.07) is 0. The van der Waals surface area contributed by atoms with Crippen LogP contribution in [-0.2, 0) is 13.5 Å². The quantitative estimate of drug-likeness (QED) is 0.846. The smallest absolute Gasteiger partial charge is 0.186 e. The molecule has 6 nitrogen and oxygen atoms in total. The fourth-order valence-corrected chi connectivity index (χ4v) is 1.37. The van der Waals surface area contributed by atoms with Crippen LogP contribution in [0.5, 0.6) is 0 Å². The molecule has 2 aromatic heterocycles. The van der Waals surface area contributed by atoms with E-state index in [4.69, 9.17) is 0 Å². The van der Waals surface area contributed by atoms with Gasteiger partial charge in [0, 0.05) is 20.0 Å². The molecule has 2 rings (SSSR count). The highest BCUT2D eigenvalue weighted by atomic mass is 19.1. The molecule has 2 aromatic rings. The van der Waals surface area contributed by atoms with Crippen LogP contribution >= 0.6 is 0 Å². The van der Waals surface area contributed by atoms with Crippen LogP contribution in [0.25, 0.3) is 0 Å². The van der Waals surface area contributed by atoms with Crippen molar-refractivity contribution in [1.29, 1.82) is 0 Å². The normalized spacial score (nSPS) is 10.5. The van der Waals surface area contributed by atoms with E-state index < -0.39 is 5.82 Å². The molecule has 0 saturated carbocycles. The molecule has 0 amide bonds. The Labute approximate surface area is 97.9 Å². The van der Waals surface area contributed by atoms with Gasteiger partial charge < -0.3 is 5.32 Å². The molecule has 1 N–H and O–H groups in total. The molecule has 0 aliphatic carbocycles. The van der Waals surface area contributed by atoms with Crippen molar-refractivity contribution >= 4 is 5.82 Å². The Bertz CT molecular complexity index is 509. The molecule has 0 aliphatic rings. The first-order valence-electron chi connectivity index (χ1n) is 5.22. The number of nitrogens with one attached hydrogen (secondary N) is 1. The number of aromatic nitrogens is 5. The van der Waals surface area contributed by atoms with E-state index in [1.165, 1.54) is 6.33 Å². The number of hydrogen-bond acceptors (Lipinski definition) is 5. The Morgan fingerprint density at radius 1 is 1.35 bits per heavy atom. The van der Waals surface area contributed by atoms with Gasteiger partial charge in [-0.05, 0) is 6.92 Å². The molecule has 0 aromatic carbocycles. The summed E-state index contributed by atoms with van der Waals surface area (Å²) in [6.07, 6.45) is 3.58. The minimum atomic E-state index is -0.415. The standard InChI is InChI=1S/C10H13FN6/c1-7-9(11)10(14-5-13-7)12-4-3-8-15-6-17(2)16-8/h5-6H,3-4H2,1-2H3,(H,12,13,14). The van der Waals surface area contributed by atoms with E-state index >= 15 is 0 Å². The van der Waals surface area contributed by atoms with Crippen LogP contribution in [0.4, 0.5) is 10.2 Å². The number of anilines is 1. The summed E-state index contributed by atoms with van der Waals surface area (Å²) in [5.41, 5.74) is 0.332. The maximum absolute atomic E-state index is 13.5. The number of hydrogen-bond donors (Lipinski definition) is 1. The average molecular weight is 236 g/mol. The summed E-state index contributed by atoms with van der Waals surface area (Å²) in [4.78, 5) is 11.7. The summed E-state index contributed by atoms with van der Waals surface area (Å²) in [6.45, 7) is 2.12. The molecule has 0 radical (unpaired) electrons. The van der Waals surface area contributed by atoms with Gasteiger partial charge in [-0.25, -0.2) is 19.3 Å². The summed E-state index contributed by atoms with van der Waals surface area (Å²) in [5, 5.41) is 7.02. The second-order valence-electron chi connectivity index (χ2n) is 3.63. The van der Waals surface area contributed by atoms with E-state index in [0.717, 1.165) is 0 Å². The molecule has 0 unspecified atom stereocenters. The molecular weight excluding hydrogens is 223 g/mol. The summed E-state index contributed by atoms with van der Waals surface area (Å²) in [5.74, 6) is 0.515. The van der Waals surface area contributed by atoms with Gasteiger partial charge in [0.25, 0.3) is 0 Å². The Morgan fingerprint density at radius 2 is 2.18 bits per heavy atom. The topological polar surface area (TPSA) is 68.5 Å². The number of nitrogens with zero attached hydrogens (tertiary/aromatic N) is 5. The maximum Gasteiger partial charge on any atom is 0.186 e. The summed E-state index contributed by atoms with van der Waals surface area (Å²) < 4.78 is 15.1. The highest BCUT2D eigenvalue weighted by molar-refractivity contribution is 5.36. The summed E-state index contributed by atoms with van der Waals surface area (Å²) >= 11 is 0. The molecule has 0 aliphatic heterocycles. The lowest BCUT2D eigenvalue weighted by Gasteiger charge is -2.05. The van der Waals surface area contributed by atoms with Crippen LogP contribution in [0.1, 0.15) is 11.5 Å². The summed E-state index contributed by atoms with van der Waals surface area (Å²) in [7, 11) is 1.80. The molecule has 7 heteroatoms. The first-order chi connectivity index (χ1) is 8.16. The van der Waals surface area contributed by atoms with Gasteiger partial charge in [-0.3, -0.25) is 4.68 Å². The van der Waals surface area contributed by atoms with Crippen LogP contribution in [0, 0.1) is 12.7 Å². The van der Waals surface area contributed by atoms with Gasteiger partial charge in [-0.15, -0.1) is 0 Å². The Balaban J connectivity index is 1.92. The fraction of sp³-hybridized carbons (Fsp3) is 0.400. The van der Waals surface area contributed by atoms with Crippen molar-refractivity contribution in [2.75, 3.05) is 11.9 Å². The predicted molar refractivity (Wildman–Crippen MR) is 59.9 cm³/mol. The van der Waals surface area contributed by atoms with E-state index in [0.29, 0.717) is 24.5 Å². The molecule has 0 fully saturated rings. The molecule has 2 heterocycles. The van der Waals surface area contributed by atoms with Crippen molar-refractivity contribution in [3.05, 3.63) is 30.0 Å².